The van der Waals surface area contributed by atoms with Gasteiger partial charge in [0.2, 0.25) is 0 Å². The number of ether oxygens (including phenoxy) is 1. The predicted molar refractivity (Wildman–Crippen MR) is 62.6 cm³/mol. The average molecular weight is 201 g/mol. The van der Waals surface area contributed by atoms with Crippen molar-refractivity contribution in [1.29, 1.82) is 0 Å². The number of rotatable bonds is 7. The molecule has 14 heavy (non-hydrogen) atoms. The lowest BCUT2D eigenvalue weighted by Gasteiger charge is -2.37. The zero-order valence-corrected chi connectivity index (χ0v) is 10.7. The van der Waals surface area contributed by atoms with Gasteiger partial charge in [0.1, 0.15) is 0 Å². The van der Waals surface area contributed by atoms with E-state index in [-0.39, 0.29) is 5.60 Å². The van der Waals surface area contributed by atoms with Crippen molar-refractivity contribution in [2.24, 2.45) is 5.92 Å². The third-order valence-corrected chi connectivity index (χ3v) is 3.10. The maximum Gasteiger partial charge on any atom is 0.0777 e. The second kappa shape index (κ2) is 6.41. The van der Waals surface area contributed by atoms with Gasteiger partial charge in [0.05, 0.1) is 5.60 Å². The summed E-state index contributed by atoms with van der Waals surface area (Å²) in [6, 6.07) is 0.442. The summed E-state index contributed by atoms with van der Waals surface area (Å²) in [7, 11) is 1.79. The molecular formula is C12H27NO. The van der Waals surface area contributed by atoms with Gasteiger partial charge in [0.25, 0.3) is 0 Å². The molecule has 0 aliphatic carbocycles. The Morgan fingerprint density at radius 3 is 2.21 bits per heavy atom. The smallest absolute Gasteiger partial charge is 0.0777 e. The molecule has 0 rings (SSSR count). The van der Waals surface area contributed by atoms with Crippen LogP contribution >= 0.6 is 0 Å². The van der Waals surface area contributed by atoms with Crippen LogP contribution in [-0.4, -0.2) is 25.3 Å². The summed E-state index contributed by atoms with van der Waals surface area (Å²) in [6.07, 6.45) is 2.36. The van der Waals surface area contributed by atoms with Crippen molar-refractivity contribution >= 4 is 0 Å². The minimum atomic E-state index is -0.0788. The highest BCUT2D eigenvalue weighted by Crippen LogP contribution is 2.22. The first-order valence-electron chi connectivity index (χ1n) is 5.78. The molecule has 0 bridgehead atoms. The topological polar surface area (TPSA) is 21.3 Å². The number of hydrogen-bond donors (Lipinski definition) is 1. The molecule has 0 saturated carbocycles. The van der Waals surface area contributed by atoms with E-state index in [2.05, 4.69) is 39.9 Å². The third kappa shape index (κ3) is 3.97. The Labute approximate surface area is 89.4 Å². The van der Waals surface area contributed by atoms with Crippen molar-refractivity contribution in [3.8, 4) is 0 Å². The Morgan fingerprint density at radius 2 is 1.86 bits per heavy atom. The van der Waals surface area contributed by atoms with E-state index in [0.717, 1.165) is 6.54 Å². The van der Waals surface area contributed by atoms with Gasteiger partial charge in [0, 0.05) is 13.2 Å². The Morgan fingerprint density at radius 1 is 1.29 bits per heavy atom. The third-order valence-electron chi connectivity index (χ3n) is 3.10. The molecule has 2 nitrogen and oxygen atoms in total. The second-order valence-corrected chi connectivity index (χ2v) is 4.62. The van der Waals surface area contributed by atoms with Gasteiger partial charge in [0.15, 0.2) is 0 Å². The molecule has 0 saturated heterocycles. The van der Waals surface area contributed by atoms with E-state index >= 15 is 0 Å². The van der Waals surface area contributed by atoms with Crippen LogP contribution in [0.15, 0.2) is 0 Å². The minimum Gasteiger partial charge on any atom is -0.377 e. The van der Waals surface area contributed by atoms with Crippen LogP contribution in [0.5, 0.6) is 0 Å². The lowest BCUT2D eigenvalue weighted by molar-refractivity contribution is -0.0259. The maximum absolute atomic E-state index is 5.56. The molecule has 2 atom stereocenters. The van der Waals surface area contributed by atoms with E-state index in [1.165, 1.54) is 12.8 Å². The van der Waals surface area contributed by atoms with E-state index in [4.69, 9.17) is 4.74 Å². The van der Waals surface area contributed by atoms with Crippen molar-refractivity contribution in [3.05, 3.63) is 0 Å². The van der Waals surface area contributed by atoms with Crippen molar-refractivity contribution < 1.29 is 4.74 Å². The normalized spacial score (nSPS) is 16.7. The van der Waals surface area contributed by atoms with Gasteiger partial charge in [-0.25, -0.2) is 0 Å². The zero-order valence-electron chi connectivity index (χ0n) is 10.7. The molecule has 0 heterocycles. The molecule has 0 spiro atoms. The van der Waals surface area contributed by atoms with E-state index in [1.807, 2.05) is 0 Å². The fourth-order valence-electron chi connectivity index (χ4n) is 1.79. The first-order valence-corrected chi connectivity index (χ1v) is 5.78. The monoisotopic (exact) mass is 201 g/mol. The van der Waals surface area contributed by atoms with Crippen LogP contribution in [-0.2, 0) is 4.74 Å². The Bertz CT molecular complexity index is 145. The molecule has 0 aliphatic heterocycles. The average Bonchev–Trinajstić information content (AvgIpc) is 2.17. The molecule has 0 amide bonds. The number of nitrogens with one attached hydrogen (secondary N) is 1. The number of hydrogen-bond acceptors (Lipinski definition) is 2. The van der Waals surface area contributed by atoms with Crippen molar-refractivity contribution in [3.63, 3.8) is 0 Å². The van der Waals surface area contributed by atoms with Crippen molar-refractivity contribution in [2.45, 2.75) is 59.1 Å². The Hall–Kier alpha value is -0.0800. The summed E-state index contributed by atoms with van der Waals surface area (Å²) in [5.74, 6) is 0.650. The van der Waals surface area contributed by atoms with E-state index in [9.17, 15) is 0 Å². The van der Waals surface area contributed by atoms with Crippen LogP contribution < -0.4 is 5.32 Å². The van der Waals surface area contributed by atoms with Gasteiger partial charge in [-0.1, -0.05) is 27.2 Å². The fraction of sp³-hybridized carbons (Fsp3) is 1.00. The first kappa shape index (κ1) is 13.9. The maximum atomic E-state index is 5.56. The minimum absolute atomic E-state index is 0.0788. The molecule has 2 heteroatoms. The molecule has 86 valence electrons. The standard InChI is InChI=1S/C12H27NO/c1-7-9-13-11(10(3)8-2)12(4,5)14-6/h10-11,13H,7-9H2,1-6H3. The van der Waals surface area contributed by atoms with Gasteiger partial charge in [-0.15, -0.1) is 0 Å². The summed E-state index contributed by atoms with van der Waals surface area (Å²) in [4.78, 5) is 0. The second-order valence-electron chi connectivity index (χ2n) is 4.62. The quantitative estimate of drug-likeness (QED) is 0.684. The van der Waals surface area contributed by atoms with E-state index in [0.29, 0.717) is 12.0 Å². The van der Waals surface area contributed by atoms with Crippen LogP contribution in [0.25, 0.3) is 0 Å². The molecule has 1 N–H and O–H groups in total. The molecule has 0 fully saturated rings. The summed E-state index contributed by atoms with van der Waals surface area (Å²) in [5, 5.41) is 3.59. The van der Waals surface area contributed by atoms with Crippen molar-refractivity contribution in [2.75, 3.05) is 13.7 Å². The van der Waals surface area contributed by atoms with Crippen LogP contribution in [0.2, 0.25) is 0 Å². The van der Waals surface area contributed by atoms with Gasteiger partial charge < -0.3 is 10.1 Å². The molecule has 0 radical (unpaired) electrons. The Balaban J connectivity index is 4.37. The molecule has 2 unspecified atom stereocenters. The van der Waals surface area contributed by atoms with Gasteiger partial charge in [-0.3, -0.25) is 0 Å². The summed E-state index contributed by atoms with van der Waals surface area (Å²) < 4.78 is 5.56. The van der Waals surface area contributed by atoms with Crippen LogP contribution in [0.3, 0.4) is 0 Å². The van der Waals surface area contributed by atoms with E-state index < -0.39 is 0 Å². The zero-order chi connectivity index (χ0) is 11.2. The van der Waals surface area contributed by atoms with E-state index in [1.54, 1.807) is 7.11 Å². The molecule has 0 aliphatic rings. The molecule has 0 aromatic rings. The lowest BCUT2D eigenvalue weighted by Crippen LogP contribution is -2.52. The highest BCUT2D eigenvalue weighted by atomic mass is 16.5. The van der Waals surface area contributed by atoms with Gasteiger partial charge >= 0.3 is 0 Å². The molecule has 0 aromatic heterocycles. The van der Waals surface area contributed by atoms with Crippen LogP contribution in [0.1, 0.15) is 47.5 Å². The highest BCUT2D eigenvalue weighted by molar-refractivity contribution is 4.88. The fourth-order valence-corrected chi connectivity index (χ4v) is 1.79. The van der Waals surface area contributed by atoms with Gasteiger partial charge in [-0.05, 0) is 32.7 Å². The SMILES string of the molecule is CCCNC(C(C)CC)C(C)(C)OC. The summed E-state index contributed by atoms with van der Waals surface area (Å²) in [5.41, 5.74) is -0.0788. The lowest BCUT2D eigenvalue weighted by atomic mass is 9.86. The van der Waals surface area contributed by atoms with Crippen LogP contribution in [0.4, 0.5) is 0 Å². The summed E-state index contributed by atoms with van der Waals surface area (Å²) in [6.45, 7) is 12.1. The highest BCUT2D eigenvalue weighted by Gasteiger charge is 2.32. The van der Waals surface area contributed by atoms with Gasteiger partial charge in [-0.2, -0.15) is 0 Å². The predicted octanol–water partition coefficient (Wildman–Crippen LogP) is 2.83. The Kier molecular flexibility index (Phi) is 6.38. The first-order chi connectivity index (χ1) is 6.49. The van der Waals surface area contributed by atoms with Crippen molar-refractivity contribution in [1.82, 2.24) is 5.32 Å². The van der Waals surface area contributed by atoms with Crippen LogP contribution in [0, 0.1) is 5.92 Å². The largest absolute Gasteiger partial charge is 0.377 e. The molecule has 0 aromatic carbocycles. The number of methoxy groups -OCH3 is 1. The summed E-state index contributed by atoms with van der Waals surface area (Å²) >= 11 is 0. The molecular weight excluding hydrogens is 174 g/mol.